The highest BCUT2D eigenvalue weighted by atomic mass is 32.1. The number of aromatic nitrogens is 1. The minimum atomic E-state index is 0.125. The van der Waals surface area contributed by atoms with Gasteiger partial charge in [0.05, 0.1) is 17.2 Å². The SMILES string of the molecule is CCN(CC)C(=O)CNC(C)c1csc(C)n1. The Morgan fingerprint density at radius 3 is 2.65 bits per heavy atom. The molecule has 1 rings (SSSR count). The van der Waals surface area contributed by atoms with Crippen molar-refractivity contribution in [1.29, 1.82) is 0 Å². The average Bonchev–Trinajstić information content (AvgIpc) is 2.74. The first-order valence-corrected chi connectivity index (χ1v) is 6.89. The second-order valence-electron chi connectivity index (χ2n) is 3.96. The van der Waals surface area contributed by atoms with Gasteiger partial charge in [-0.2, -0.15) is 0 Å². The molecule has 1 aromatic rings. The van der Waals surface area contributed by atoms with Gasteiger partial charge in [-0.25, -0.2) is 4.98 Å². The lowest BCUT2D eigenvalue weighted by atomic mass is 10.2. The van der Waals surface area contributed by atoms with Gasteiger partial charge in [0.2, 0.25) is 5.91 Å². The zero-order chi connectivity index (χ0) is 12.8. The fourth-order valence-electron chi connectivity index (χ4n) is 1.61. The van der Waals surface area contributed by atoms with Gasteiger partial charge in [-0.05, 0) is 27.7 Å². The van der Waals surface area contributed by atoms with Crippen LogP contribution in [0.2, 0.25) is 0 Å². The van der Waals surface area contributed by atoms with Crippen molar-refractivity contribution >= 4 is 17.2 Å². The summed E-state index contributed by atoms with van der Waals surface area (Å²) in [5, 5.41) is 6.31. The topological polar surface area (TPSA) is 45.2 Å². The number of rotatable bonds is 6. The molecule has 1 unspecified atom stereocenters. The summed E-state index contributed by atoms with van der Waals surface area (Å²) < 4.78 is 0. The van der Waals surface area contributed by atoms with E-state index in [1.54, 1.807) is 11.3 Å². The Labute approximate surface area is 107 Å². The maximum atomic E-state index is 11.8. The molecule has 1 N–H and O–H groups in total. The Hall–Kier alpha value is -0.940. The standard InChI is InChI=1S/C12H21N3OS/c1-5-15(6-2)12(16)7-13-9(3)11-8-17-10(4)14-11/h8-9,13H,5-7H2,1-4H3. The van der Waals surface area contributed by atoms with Crippen LogP contribution in [0.5, 0.6) is 0 Å². The molecule has 0 fully saturated rings. The van der Waals surface area contributed by atoms with Gasteiger partial charge in [-0.15, -0.1) is 11.3 Å². The number of likely N-dealkylation sites (N-methyl/N-ethyl adjacent to an activating group) is 1. The van der Waals surface area contributed by atoms with Gasteiger partial charge in [0.25, 0.3) is 0 Å². The van der Waals surface area contributed by atoms with Crippen molar-refractivity contribution in [2.75, 3.05) is 19.6 Å². The van der Waals surface area contributed by atoms with Gasteiger partial charge in [0.15, 0.2) is 0 Å². The molecule has 1 atom stereocenters. The Morgan fingerprint density at radius 2 is 2.18 bits per heavy atom. The van der Waals surface area contributed by atoms with Crippen LogP contribution in [0.25, 0.3) is 0 Å². The van der Waals surface area contributed by atoms with Crippen molar-refractivity contribution in [2.24, 2.45) is 0 Å². The Bertz CT molecular complexity index is 360. The van der Waals surface area contributed by atoms with E-state index >= 15 is 0 Å². The van der Waals surface area contributed by atoms with E-state index < -0.39 is 0 Å². The molecule has 0 spiro atoms. The largest absolute Gasteiger partial charge is 0.342 e. The molecule has 0 saturated carbocycles. The lowest BCUT2D eigenvalue weighted by Gasteiger charge is -2.20. The second-order valence-corrected chi connectivity index (χ2v) is 5.02. The van der Waals surface area contributed by atoms with Crippen LogP contribution in [0.15, 0.2) is 5.38 Å². The first-order chi connectivity index (χ1) is 8.08. The highest BCUT2D eigenvalue weighted by molar-refractivity contribution is 7.09. The molecule has 5 heteroatoms. The molecule has 0 aliphatic carbocycles. The van der Waals surface area contributed by atoms with Crippen molar-refractivity contribution in [3.8, 4) is 0 Å². The van der Waals surface area contributed by atoms with Gasteiger partial charge in [0, 0.05) is 24.5 Å². The van der Waals surface area contributed by atoms with Crippen molar-refractivity contribution in [1.82, 2.24) is 15.2 Å². The van der Waals surface area contributed by atoms with Gasteiger partial charge in [-0.1, -0.05) is 0 Å². The van der Waals surface area contributed by atoms with Gasteiger partial charge in [-0.3, -0.25) is 4.79 Å². The quantitative estimate of drug-likeness (QED) is 0.845. The average molecular weight is 255 g/mol. The van der Waals surface area contributed by atoms with Crippen LogP contribution in [-0.2, 0) is 4.79 Å². The molecule has 1 heterocycles. The molecular formula is C12H21N3OS. The predicted octanol–water partition coefficient (Wildman–Crippen LogP) is 1.97. The lowest BCUT2D eigenvalue weighted by molar-refractivity contribution is -0.129. The Morgan fingerprint density at radius 1 is 1.53 bits per heavy atom. The minimum absolute atomic E-state index is 0.125. The minimum Gasteiger partial charge on any atom is -0.342 e. The van der Waals surface area contributed by atoms with Gasteiger partial charge >= 0.3 is 0 Å². The van der Waals surface area contributed by atoms with Crippen LogP contribution in [0.1, 0.15) is 37.5 Å². The number of amides is 1. The summed E-state index contributed by atoms with van der Waals surface area (Å²) in [6, 6.07) is 0.125. The molecule has 0 aliphatic heterocycles. The van der Waals surface area contributed by atoms with E-state index in [0.717, 1.165) is 23.8 Å². The second kappa shape index (κ2) is 6.71. The Kier molecular flexibility index (Phi) is 5.58. The monoisotopic (exact) mass is 255 g/mol. The molecule has 0 aromatic carbocycles. The molecule has 0 bridgehead atoms. The number of nitrogens with one attached hydrogen (secondary N) is 1. The van der Waals surface area contributed by atoms with Crippen LogP contribution in [-0.4, -0.2) is 35.4 Å². The molecular weight excluding hydrogens is 234 g/mol. The first-order valence-electron chi connectivity index (χ1n) is 6.01. The summed E-state index contributed by atoms with van der Waals surface area (Å²) >= 11 is 1.64. The Balaban J connectivity index is 2.43. The molecule has 0 saturated heterocycles. The molecule has 17 heavy (non-hydrogen) atoms. The number of aryl methyl sites for hydroxylation is 1. The third kappa shape index (κ3) is 4.09. The van der Waals surface area contributed by atoms with Crippen LogP contribution in [0.4, 0.5) is 0 Å². The third-order valence-electron chi connectivity index (χ3n) is 2.76. The smallest absolute Gasteiger partial charge is 0.236 e. The summed E-state index contributed by atoms with van der Waals surface area (Å²) in [5.74, 6) is 0.147. The van der Waals surface area contributed by atoms with Crippen LogP contribution >= 0.6 is 11.3 Å². The summed E-state index contributed by atoms with van der Waals surface area (Å²) in [4.78, 5) is 18.0. The van der Waals surface area contributed by atoms with Gasteiger partial charge in [0.1, 0.15) is 0 Å². The lowest BCUT2D eigenvalue weighted by Crippen LogP contribution is -2.38. The summed E-state index contributed by atoms with van der Waals surface area (Å²) in [5.41, 5.74) is 1.01. The van der Waals surface area contributed by atoms with E-state index in [-0.39, 0.29) is 11.9 Å². The molecule has 1 amide bonds. The van der Waals surface area contributed by atoms with Crippen LogP contribution < -0.4 is 5.32 Å². The van der Waals surface area contributed by atoms with Crippen molar-refractivity contribution in [2.45, 2.75) is 33.7 Å². The zero-order valence-electron chi connectivity index (χ0n) is 11.0. The van der Waals surface area contributed by atoms with Crippen LogP contribution in [0, 0.1) is 6.92 Å². The highest BCUT2D eigenvalue weighted by Crippen LogP contribution is 2.15. The summed E-state index contributed by atoms with van der Waals surface area (Å²) in [7, 11) is 0. The van der Waals surface area contributed by atoms with E-state index in [2.05, 4.69) is 10.3 Å². The molecule has 0 radical (unpaired) electrons. The highest BCUT2D eigenvalue weighted by Gasteiger charge is 2.13. The number of carbonyl (C=O) groups excluding carboxylic acids is 1. The van der Waals surface area contributed by atoms with Crippen molar-refractivity contribution < 1.29 is 4.79 Å². The predicted molar refractivity (Wildman–Crippen MR) is 71.2 cm³/mol. The fourth-order valence-corrected chi connectivity index (χ4v) is 2.32. The maximum absolute atomic E-state index is 11.8. The summed E-state index contributed by atoms with van der Waals surface area (Å²) in [6.45, 7) is 9.91. The van der Waals surface area contributed by atoms with E-state index in [1.807, 2.05) is 38.0 Å². The van der Waals surface area contributed by atoms with Gasteiger partial charge < -0.3 is 10.2 Å². The fraction of sp³-hybridized carbons (Fsp3) is 0.667. The van der Waals surface area contributed by atoms with Crippen molar-refractivity contribution in [3.05, 3.63) is 16.1 Å². The number of hydrogen-bond acceptors (Lipinski definition) is 4. The normalized spacial score (nSPS) is 12.5. The molecule has 4 nitrogen and oxygen atoms in total. The van der Waals surface area contributed by atoms with E-state index in [4.69, 9.17) is 0 Å². The zero-order valence-corrected chi connectivity index (χ0v) is 11.8. The summed E-state index contributed by atoms with van der Waals surface area (Å²) in [6.07, 6.45) is 0. The maximum Gasteiger partial charge on any atom is 0.236 e. The number of carbonyl (C=O) groups is 1. The van der Waals surface area contributed by atoms with E-state index in [0.29, 0.717) is 6.54 Å². The number of thiazole rings is 1. The first kappa shape index (κ1) is 14.1. The number of nitrogens with zero attached hydrogens (tertiary/aromatic N) is 2. The van der Waals surface area contributed by atoms with E-state index in [1.165, 1.54) is 0 Å². The third-order valence-corrected chi connectivity index (χ3v) is 3.55. The van der Waals surface area contributed by atoms with E-state index in [9.17, 15) is 4.79 Å². The van der Waals surface area contributed by atoms with Crippen LogP contribution in [0.3, 0.4) is 0 Å². The molecule has 96 valence electrons. The van der Waals surface area contributed by atoms with Crippen molar-refractivity contribution in [3.63, 3.8) is 0 Å². The molecule has 1 aromatic heterocycles. The molecule has 0 aliphatic rings. The number of hydrogen-bond donors (Lipinski definition) is 1.